The Morgan fingerprint density at radius 1 is 1.17 bits per heavy atom. The first-order valence-electron chi connectivity index (χ1n) is 3.58. The Balaban J connectivity index is 2.36. The largest absolute Gasteiger partial charge is 0.486 e. The van der Waals surface area contributed by atoms with Crippen molar-refractivity contribution in [3.63, 3.8) is 0 Å². The van der Waals surface area contributed by atoms with E-state index in [2.05, 4.69) is 0 Å². The molecule has 12 heavy (non-hydrogen) atoms. The van der Waals surface area contributed by atoms with Crippen LogP contribution < -0.4 is 9.47 Å². The lowest BCUT2D eigenvalue weighted by Gasteiger charge is -2.18. The van der Waals surface area contributed by atoms with Crippen LogP contribution in [0.15, 0.2) is 23.1 Å². The molecule has 1 aromatic rings. The summed E-state index contributed by atoms with van der Waals surface area (Å²) in [4.78, 5) is 0.973. The number of benzene rings is 1. The Bertz CT molecular complexity index is 290. The van der Waals surface area contributed by atoms with Gasteiger partial charge in [0.1, 0.15) is 13.2 Å². The van der Waals surface area contributed by atoms with Gasteiger partial charge in [0.15, 0.2) is 11.5 Å². The highest BCUT2D eigenvalue weighted by Gasteiger charge is 2.11. The van der Waals surface area contributed by atoms with Crippen LogP contribution in [0.1, 0.15) is 0 Å². The summed E-state index contributed by atoms with van der Waals surface area (Å²) in [5.74, 6) is 1.59. The van der Waals surface area contributed by atoms with Crippen LogP contribution in [0.3, 0.4) is 0 Å². The summed E-state index contributed by atoms with van der Waals surface area (Å²) in [6, 6.07) is 5.66. The molecule has 0 saturated heterocycles. The molecule has 1 aliphatic heterocycles. The predicted octanol–water partition coefficient (Wildman–Crippen LogP) is 2.70. The highest BCUT2D eigenvalue weighted by atomic mass is 35.7. The van der Waals surface area contributed by atoms with E-state index in [0.717, 1.165) is 16.4 Å². The summed E-state index contributed by atoms with van der Waals surface area (Å²) < 4.78 is 10.7. The molecule has 0 saturated carbocycles. The van der Waals surface area contributed by atoms with Crippen LogP contribution in [0.5, 0.6) is 11.5 Å². The van der Waals surface area contributed by atoms with Gasteiger partial charge in [0.25, 0.3) is 0 Å². The topological polar surface area (TPSA) is 18.5 Å². The minimum atomic E-state index is 0.614. The van der Waals surface area contributed by atoms with E-state index in [4.69, 9.17) is 20.2 Å². The first-order chi connectivity index (χ1) is 5.90. The number of fused-ring (bicyclic) bond motifs is 1. The lowest BCUT2D eigenvalue weighted by atomic mass is 10.3. The van der Waals surface area contributed by atoms with E-state index in [-0.39, 0.29) is 0 Å². The number of rotatable bonds is 1. The van der Waals surface area contributed by atoms with E-state index in [9.17, 15) is 0 Å². The highest BCUT2D eigenvalue weighted by molar-refractivity contribution is 8.21. The van der Waals surface area contributed by atoms with Crippen LogP contribution in [0.25, 0.3) is 0 Å². The molecule has 2 nitrogen and oxygen atoms in total. The summed E-state index contributed by atoms with van der Waals surface area (Å²) in [7, 11) is 6.77. The lowest BCUT2D eigenvalue weighted by molar-refractivity contribution is 0.171. The van der Waals surface area contributed by atoms with E-state index in [0.29, 0.717) is 13.2 Å². The molecule has 1 aliphatic rings. The van der Waals surface area contributed by atoms with Crippen molar-refractivity contribution in [1.82, 2.24) is 0 Å². The third kappa shape index (κ3) is 1.47. The fourth-order valence-electron chi connectivity index (χ4n) is 1.07. The van der Waals surface area contributed by atoms with Crippen LogP contribution in [-0.2, 0) is 0 Å². The van der Waals surface area contributed by atoms with E-state index >= 15 is 0 Å². The van der Waals surface area contributed by atoms with E-state index in [1.165, 1.54) is 11.0 Å². The molecule has 0 radical (unpaired) electrons. The van der Waals surface area contributed by atoms with Gasteiger partial charge in [-0.1, -0.05) is 0 Å². The van der Waals surface area contributed by atoms with Crippen molar-refractivity contribution < 1.29 is 9.47 Å². The van der Waals surface area contributed by atoms with Crippen molar-refractivity contribution in [2.45, 2.75) is 4.90 Å². The summed E-state index contributed by atoms with van der Waals surface area (Å²) in [6.07, 6.45) is 0. The smallest absolute Gasteiger partial charge is 0.162 e. The number of ether oxygens (including phenoxy) is 2. The normalized spacial score (nSPS) is 14.4. The van der Waals surface area contributed by atoms with E-state index in [1.807, 2.05) is 18.2 Å². The zero-order valence-electron chi connectivity index (χ0n) is 6.25. The van der Waals surface area contributed by atoms with E-state index in [1.54, 1.807) is 0 Å². The zero-order valence-corrected chi connectivity index (χ0v) is 7.82. The van der Waals surface area contributed by atoms with Gasteiger partial charge in [0, 0.05) is 4.90 Å². The Hall–Kier alpha value is -0.540. The average Bonchev–Trinajstić information content (AvgIpc) is 2.17. The number of hydrogen-bond acceptors (Lipinski definition) is 3. The molecule has 0 bridgehead atoms. The second kappa shape index (κ2) is 3.46. The molecule has 0 atom stereocenters. The minimum absolute atomic E-state index is 0.614. The molecular weight excluding hydrogens is 196 g/mol. The summed E-state index contributed by atoms with van der Waals surface area (Å²) in [6.45, 7) is 1.24. The third-order valence-electron chi connectivity index (χ3n) is 1.60. The SMILES string of the molecule is ClSc1ccc2c(c1)OCCO2. The van der Waals surface area contributed by atoms with Gasteiger partial charge in [-0.2, -0.15) is 0 Å². The Labute approximate surface area is 79.3 Å². The van der Waals surface area contributed by atoms with Crippen LogP contribution in [0, 0.1) is 0 Å². The molecule has 0 N–H and O–H groups in total. The first kappa shape index (κ1) is 8.08. The standard InChI is InChI=1S/C8H7ClO2S/c9-12-6-1-2-7-8(5-6)11-4-3-10-7/h1-2,5H,3-4H2. The van der Waals surface area contributed by atoms with Crippen LogP contribution in [0.4, 0.5) is 0 Å². The Kier molecular flexibility index (Phi) is 2.33. The van der Waals surface area contributed by atoms with Gasteiger partial charge >= 0.3 is 0 Å². The van der Waals surface area contributed by atoms with Crippen molar-refractivity contribution in [2.24, 2.45) is 0 Å². The second-order valence-electron chi connectivity index (χ2n) is 2.38. The average molecular weight is 203 g/mol. The fourth-order valence-corrected chi connectivity index (χ4v) is 1.63. The molecule has 0 aliphatic carbocycles. The molecule has 0 spiro atoms. The maximum Gasteiger partial charge on any atom is 0.162 e. The first-order valence-corrected chi connectivity index (χ1v) is 5.22. The lowest BCUT2D eigenvalue weighted by Crippen LogP contribution is -2.15. The molecule has 1 aromatic carbocycles. The monoisotopic (exact) mass is 202 g/mol. The van der Waals surface area contributed by atoms with E-state index < -0.39 is 0 Å². The Morgan fingerprint density at radius 3 is 2.67 bits per heavy atom. The van der Waals surface area contributed by atoms with Gasteiger partial charge in [0.2, 0.25) is 0 Å². The van der Waals surface area contributed by atoms with Gasteiger partial charge in [-0.05, 0) is 39.9 Å². The Morgan fingerprint density at radius 2 is 1.92 bits per heavy atom. The molecule has 64 valence electrons. The zero-order chi connectivity index (χ0) is 8.39. The van der Waals surface area contributed by atoms with Crippen molar-refractivity contribution in [2.75, 3.05) is 13.2 Å². The molecule has 0 unspecified atom stereocenters. The minimum Gasteiger partial charge on any atom is -0.486 e. The van der Waals surface area contributed by atoms with Gasteiger partial charge < -0.3 is 9.47 Å². The van der Waals surface area contributed by atoms with Crippen LogP contribution in [-0.4, -0.2) is 13.2 Å². The summed E-state index contributed by atoms with van der Waals surface area (Å²) >= 11 is 0. The number of hydrogen-bond donors (Lipinski definition) is 0. The maximum absolute atomic E-state index is 5.59. The molecule has 0 fully saturated rings. The van der Waals surface area contributed by atoms with Crippen molar-refractivity contribution in [1.29, 1.82) is 0 Å². The van der Waals surface area contributed by atoms with Gasteiger partial charge in [-0.25, -0.2) is 0 Å². The van der Waals surface area contributed by atoms with Crippen molar-refractivity contribution >= 4 is 21.7 Å². The number of halogens is 1. The molecule has 1 heterocycles. The van der Waals surface area contributed by atoms with Crippen LogP contribution >= 0.6 is 21.7 Å². The maximum atomic E-state index is 5.59. The molecule has 0 amide bonds. The second-order valence-corrected chi connectivity index (χ2v) is 3.47. The molecule has 4 heteroatoms. The van der Waals surface area contributed by atoms with Gasteiger partial charge in [-0.15, -0.1) is 0 Å². The molecule has 2 rings (SSSR count). The third-order valence-corrected chi connectivity index (χ3v) is 2.57. The van der Waals surface area contributed by atoms with Crippen molar-refractivity contribution in [3.05, 3.63) is 18.2 Å². The summed E-state index contributed by atoms with van der Waals surface area (Å²) in [5.41, 5.74) is 0. The quantitative estimate of drug-likeness (QED) is 0.698. The highest BCUT2D eigenvalue weighted by Crippen LogP contribution is 2.34. The fraction of sp³-hybridized carbons (Fsp3) is 0.250. The van der Waals surface area contributed by atoms with Crippen LogP contribution in [0.2, 0.25) is 0 Å². The predicted molar refractivity (Wildman–Crippen MR) is 49.1 cm³/mol. The molecular formula is C8H7ClO2S. The van der Waals surface area contributed by atoms with Gasteiger partial charge in [0.05, 0.1) is 0 Å². The molecule has 0 aromatic heterocycles. The summed E-state index contributed by atoms with van der Waals surface area (Å²) in [5, 5.41) is 0. The van der Waals surface area contributed by atoms with Gasteiger partial charge in [-0.3, -0.25) is 0 Å². The van der Waals surface area contributed by atoms with Crippen molar-refractivity contribution in [3.8, 4) is 11.5 Å².